The molecule has 0 bridgehead atoms. The highest BCUT2D eigenvalue weighted by Gasteiger charge is 2.45. The molecule has 0 spiro atoms. The fourth-order valence-electron chi connectivity index (χ4n) is 2.48. The third kappa shape index (κ3) is 5.75. The van der Waals surface area contributed by atoms with Crippen LogP contribution in [0, 0.1) is 0 Å². The summed E-state index contributed by atoms with van der Waals surface area (Å²) < 4.78 is 22.4. The van der Waals surface area contributed by atoms with Crippen molar-refractivity contribution in [2.45, 2.75) is 76.6 Å². The Morgan fingerprint density at radius 2 is 1.88 bits per heavy atom. The summed E-state index contributed by atoms with van der Waals surface area (Å²) in [7, 11) is 9.12. The van der Waals surface area contributed by atoms with Gasteiger partial charge in [0.05, 0.1) is 24.7 Å². The number of rotatable bonds is 9. The van der Waals surface area contributed by atoms with Crippen molar-refractivity contribution >= 4 is 19.7 Å². The van der Waals surface area contributed by atoms with Gasteiger partial charge in [-0.2, -0.15) is 0 Å². The Hall–Kier alpha value is -1.12. The molecule has 1 saturated heterocycles. The number of hydrogen-bond acceptors (Lipinski definition) is 6. The van der Waals surface area contributed by atoms with Crippen molar-refractivity contribution in [1.82, 2.24) is 5.32 Å². The van der Waals surface area contributed by atoms with Gasteiger partial charge >= 0.3 is 5.97 Å². The number of ether oxygens (including phenoxy) is 4. The summed E-state index contributed by atoms with van der Waals surface area (Å²) in [5.41, 5.74) is 0. The first-order valence-electron chi connectivity index (χ1n) is 8.33. The van der Waals surface area contributed by atoms with Crippen LogP contribution < -0.4 is 5.32 Å². The summed E-state index contributed by atoms with van der Waals surface area (Å²) in [6.07, 6.45) is -1.18. The molecule has 1 aliphatic heterocycles. The van der Waals surface area contributed by atoms with Crippen molar-refractivity contribution < 1.29 is 28.5 Å². The maximum absolute atomic E-state index is 12.0. The summed E-state index contributed by atoms with van der Waals surface area (Å²) in [6.45, 7) is 5.67. The number of nitrogens with one attached hydrogen (secondary N) is 1. The van der Waals surface area contributed by atoms with Crippen molar-refractivity contribution in [3.05, 3.63) is 0 Å². The van der Waals surface area contributed by atoms with Crippen molar-refractivity contribution in [3.63, 3.8) is 0 Å². The van der Waals surface area contributed by atoms with Crippen LogP contribution in [-0.2, 0) is 28.5 Å². The second-order valence-corrected chi connectivity index (χ2v) is 5.92. The minimum Gasteiger partial charge on any atom is -0.457 e. The molecule has 2 radical (unpaired) electrons. The summed E-state index contributed by atoms with van der Waals surface area (Å²) >= 11 is 0. The van der Waals surface area contributed by atoms with Gasteiger partial charge in [-0.3, -0.25) is 9.59 Å². The number of carbonyl (C=O) groups excluding carboxylic acids is 2. The third-order valence-corrected chi connectivity index (χ3v) is 4.26. The fraction of sp³-hybridized carbons (Fsp3) is 0.875. The van der Waals surface area contributed by atoms with Gasteiger partial charge in [-0.05, 0) is 20.3 Å². The Bertz CT molecular complexity index is 421. The van der Waals surface area contributed by atoms with E-state index in [4.69, 9.17) is 26.8 Å². The van der Waals surface area contributed by atoms with E-state index in [0.717, 1.165) is 0 Å². The zero-order chi connectivity index (χ0) is 18.3. The molecule has 7 nitrogen and oxygen atoms in total. The molecule has 1 aliphatic rings. The summed E-state index contributed by atoms with van der Waals surface area (Å²) in [4.78, 5) is 23.3. The molecule has 0 aliphatic carbocycles. The van der Waals surface area contributed by atoms with Gasteiger partial charge in [0.25, 0.3) is 0 Å². The molecule has 0 aromatic rings. The maximum atomic E-state index is 12.0. The molecule has 1 amide bonds. The highest BCUT2D eigenvalue weighted by molar-refractivity contribution is 6.11. The predicted octanol–water partition coefficient (Wildman–Crippen LogP) is 0.536. The van der Waals surface area contributed by atoms with Crippen LogP contribution in [0.4, 0.5) is 0 Å². The molecule has 0 aromatic carbocycles. The lowest BCUT2D eigenvalue weighted by Crippen LogP contribution is -2.43. The molecule has 1 fully saturated rings. The van der Waals surface area contributed by atoms with E-state index >= 15 is 0 Å². The van der Waals surface area contributed by atoms with Gasteiger partial charge in [-0.25, -0.2) is 0 Å². The first-order chi connectivity index (χ1) is 11.3. The van der Waals surface area contributed by atoms with Crippen LogP contribution in [0.15, 0.2) is 0 Å². The van der Waals surface area contributed by atoms with E-state index in [9.17, 15) is 9.59 Å². The lowest BCUT2D eigenvalue weighted by molar-refractivity contribution is -0.163. The van der Waals surface area contributed by atoms with Crippen molar-refractivity contribution in [2.24, 2.45) is 0 Å². The molecular weight excluding hydrogens is 313 g/mol. The molecule has 0 aromatic heterocycles. The molecule has 1 rings (SSSR count). The largest absolute Gasteiger partial charge is 0.457 e. The number of esters is 1. The molecule has 1 heterocycles. The smallest absolute Gasteiger partial charge is 0.306 e. The molecule has 24 heavy (non-hydrogen) atoms. The van der Waals surface area contributed by atoms with E-state index in [1.54, 1.807) is 7.11 Å². The predicted molar refractivity (Wildman–Crippen MR) is 88.7 cm³/mol. The Kier molecular flexibility index (Phi) is 8.73. The minimum absolute atomic E-state index is 0.00140. The molecule has 6 atom stereocenters. The quantitative estimate of drug-likeness (QED) is 0.487. The van der Waals surface area contributed by atoms with E-state index in [-0.39, 0.29) is 37.1 Å². The van der Waals surface area contributed by atoms with Crippen LogP contribution in [0.3, 0.4) is 0 Å². The van der Waals surface area contributed by atoms with Crippen LogP contribution >= 0.6 is 0 Å². The van der Waals surface area contributed by atoms with Crippen LogP contribution in [0.5, 0.6) is 0 Å². The normalized spacial score (nSPS) is 29.0. The van der Waals surface area contributed by atoms with E-state index in [1.807, 2.05) is 20.8 Å². The van der Waals surface area contributed by atoms with Gasteiger partial charge in [0.2, 0.25) is 5.91 Å². The van der Waals surface area contributed by atoms with Crippen molar-refractivity contribution in [3.8, 4) is 0 Å². The topological polar surface area (TPSA) is 83.1 Å². The van der Waals surface area contributed by atoms with E-state index in [1.165, 1.54) is 7.05 Å². The van der Waals surface area contributed by atoms with Crippen LogP contribution in [0.1, 0.15) is 40.0 Å². The van der Waals surface area contributed by atoms with Gasteiger partial charge in [0.1, 0.15) is 14.0 Å². The standard InChI is InChI=1S/C16H28BNO6/c1-6-11-14(24-13(20)8-7-12(19)18-4)15(16(17)23-11)22-10(3)9(2)21-5/h9-11,14-16H,6-8H2,1-5H3,(H,18,19)/t9-,10+,11+,14?,15-,16+/m0/s1. The Morgan fingerprint density at radius 3 is 2.42 bits per heavy atom. The van der Waals surface area contributed by atoms with Crippen LogP contribution in [0.2, 0.25) is 0 Å². The zero-order valence-electron chi connectivity index (χ0n) is 15.1. The fourth-order valence-corrected chi connectivity index (χ4v) is 2.48. The molecule has 1 N–H and O–H groups in total. The van der Waals surface area contributed by atoms with Gasteiger partial charge in [-0.15, -0.1) is 0 Å². The molecule has 8 heteroatoms. The zero-order valence-corrected chi connectivity index (χ0v) is 15.1. The van der Waals surface area contributed by atoms with E-state index in [2.05, 4.69) is 5.32 Å². The number of hydrogen-bond donors (Lipinski definition) is 1. The van der Waals surface area contributed by atoms with Gasteiger partial charge < -0.3 is 24.3 Å². The highest BCUT2D eigenvalue weighted by Crippen LogP contribution is 2.29. The molecular formula is C16H28BNO6. The maximum Gasteiger partial charge on any atom is 0.306 e. The van der Waals surface area contributed by atoms with Gasteiger partial charge in [-0.1, -0.05) is 6.92 Å². The monoisotopic (exact) mass is 341 g/mol. The van der Waals surface area contributed by atoms with E-state index < -0.39 is 24.2 Å². The molecule has 136 valence electrons. The SMILES string of the molecule is [B][C@@H]1O[C@H](CC)C(OC(=O)CCC(=O)NC)[C@@H]1O[C@H](C)[C@H](C)OC. The summed E-state index contributed by atoms with van der Waals surface area (Å²) in [5.74, 6) is -0.686. The molecule has 0 saturated carbocycles. The number of methoxy groups -OCH3 is 1. The summed E-state index contributed by atoms with van der Waals surface area (Å²) in [5, 5.41) is 2.46. The lowest BCUT2D eigenvalue weighted by atomic mass is 9.92. The average molecular weight is 341 g/mol. The van der Waals surface area contributed by atoms with Crippen molar-refractivity contribution in [1.29, 1.82) is 0 Å². The number of carbonyl (C=O) groups is 2. The first kappa shape index (κ1) is 20.9. The molecule has 1 unspecified atom stereocenters. The van der Waals surface area contributed by atoms with Crippen molar-refractivity contribution in [2.75, 3.05) is 14.2 Å². The highest BCUT2D eigenvalue weighted by atomic mass is 16.6. The first-order valence-corrected chi connectivity index (χ1v) is 8.33. The Balaban J connectivity index is 2.70. The number of amides is 1. The second kappa shape index (κ2) is 10.0. The average Bonchev–Trinajstić information content (AvgIpc) is 2.87. The third-order valence-electron chi connectivity index (χ3n) is 4.26. The van der Waals surface area contributed by atoms with Crippen LogP contribution in [0.25, 0.3) is 0 Å². The van der Waals surface area contributed by atoms with Gasteiger partial charge in [0.15, 0.2) is 6.10 Å². The Labute approximate surface area is 145 Å². The minimum atomic E-state index is -0.682. The lowest BCUT2D eigenvalue weighted by Gasteiger charge is -2.29. The second-order valence-electron chi connectivity index (χ2n) is 5.92. The van der Waals surface area contributed by atoms with E-state index in [0.29, 0.717) is 6.42 Å². The summed E-state index contributed by atoms with van der Waals surface area (Å²) in [6, 6.07) is -0.682. The van der Waals surface area contributed by atoms with Gasteiger partial charge in [0, 0.05) is 26.6 Å². The Morgan fingerprint density at radius 1 is 1.21 bits per heavy atom. The van der Waals surface area contributed by atoms with Crippen LogP contribution in [-0.4, -0.2) is 70.4 Å².